The summed E-state index contributed by atoms with van der Waals surface area (Å²) in [4.78, 5) is 18.1. The number of aromatic nitrogens is 2. The molecule has 2 heterocycles. The van der Waals surface area contributed by atoms with E-state index >= 15 is 0 Å². The highest BCUT2D eigenvalue weighted by atomic mass is 16.5. The summed E-state index contributed by atoms with van der Waals surface area (Å²) >= 11 is 0. The number of nitrogens with zero attached hydrogens (tertiary/aromatic N) is 3. The van der Waals surface area contributed by atoms with E-state index in [0.29, 0.717) is 12.0 Å². The fraction of sp³-hybridized carbons (Fsp3) is 0.714. The molecule has 0 aromatic carbocycles. The van der Waals surface area contributed by atoms with Crippen LogP contribution in [0.2, 0.25) is 0 Å². The maximum absolute atomic E-state index is 12.1. The lowest BCUT2D eigenvalue weighted by Gasteiger charge is -2.33. The van der Waals surface area contributed by atoms with Crippen LogP contribution in [0.15, 0.2) is 18.7 Å². The summed E-state index contributed by atoms with van der Waals surface area (Å²) in [5.74, 6) is 0.846. The summed E-state index contributed by atoms with van der Waals surface area (Å²) in [7, 11) is 0. The van der Waals surface area contributed by atoms with Crippen LogP contribution in [0, 0.1) is 5.92 Å². The molecule has 1 saturated carbocycles. The van der Waals surface area contributed by atoms with Crippen LogP contribution in [0.4, 0.5) is 0 Å². The van der Waals surface area contributed by atoms with Gasteiger partial charge in [-0.15, -0.1) is 0 Å². The molecule has 0 bridgehead atoms. The second kappa shape index (κ2) is 5.74. The van der Waals surface area contributed by atoms with E-state index in [9.17, 15) is 4.79 Å². The Kier molecular flexibility index (Phi) is 3.82. The van der Waals surface area contributed by atoms with Gasteiger partial charge in [-0.25, -0.2) is 4.98 Å². The van der Waals surface area contributed by atoms with E-state index in [2.05, 4.69) is 9.55 Å². The number of carbonyl (C=O) groups excluding carboxylic acids is 1. The lowest BCUT2D eigenvalue weighted by Crippen LogP contribution is -2.42. The van der Waals surface area contributed by atoms with Crippen molar-refractivity contribution < 1.29 is 9.53 Å². The van der Waals surface area contributed by atoms with Crippen LogP contribution in [0.25, 0.3) is 0 Å². The first-order valence-corrected chi connectivity index (χ1v) is 7.16. The molecule has 1 atom stereocenters. The van der Waals surface area contributed by atoms with Gasteiger partial charge < -0.3 is 14.2 Å². The van der Waals surface area contributed by atoms with Gasteiger partial charge in [0.15, 0.2) is 0 Å². The number of amides is 1. The van der Waals surface area contributed by atoms with Gasteiger partial charge in [0.25, 0.3) is 0 Å². The molecule has 1 aromatic heterocycles. The predicted molar refractivity (Wildman–Crippen MR) is 70.6 cm³/mol. The Labute approximate surface area is 113 Å². The van der Waals surface area contributed by atoms with Crippen molar-refractivity contribution in [2.75, 3.05) is 26.3 Å². The van der Waals surface area contributed by atoms with Crippen molar-refractivity contribution in [3.8, 4) is 0 Å². The maximum Gasteiger partial charge on any atom is 0.248 e. The van der Waals surface area contributed by atoms with Gasteiger partial charge in [0.05, 0.1) is 19.0 Å². The Morgan fingerprint density at radius 2 is 2.26 bits per heavy atom. The van der Waals surface area contributed by atoms with E-state index in [4.69, 9.17) is 4.74 Å². The zero-order valence-corrected chi connectivity index (χ0v) is 11.2. The van der Waals surface area contributed by atoms with E-state index in [1.165, 1.54) is 12.8 Å². The number of ether oxygens (including phenoxy) is 1. The fourth-order valence-electron chi connectivity index (χ4n) is 2.60. The highest BCUT2D eigenvalue weighted by Crippen LogP contribution is 2.28. The molecule has 5 heteroatoms. The number of rotatable bonds is 5. The molecular formula is C14H21N3O2. The molecule has 19 heavy (non-hydrogen) atoms. The molecule has 2 aliphatic rings. The Balaban J connectivity index is 1.48. The third kappa shape index (κ3) is 3.35. The molecule has 1 amide bonds. The van der Waals surface area contributed by atoms with Crippen LogP contribution in [0.3, 0.4) is 0 Å². The van der Waals surface area contributed by atoms with Crippen molar-refractivity contribution >= 4 is 5.91 Å². The number of likely N-dealkylation sites (tertiary alicyclic amines) is 1. The highest BCUT2D eigenvalue weighted by Gasteiger charge is 2.25. The van der Waals surface area contributed by atoms with Gasteiger partial charge in [-0.05, 0) is 31.6 Å². The van der Waals surface area contributed by atoms with Crippen LogP contribution in [-0.4, -0.2) is 46.7 Å². The van der Waals surface area contributed by atoms with Gasteiger partial charge >= 0.3 is 0 Å². The first-order valence-electron chi connectivity index (χ1n) is 7.16. The average molecular weight is 263 g/mol. The van der Waals surface area contributed by atoms with Gasteiger partial charge in [0.2, 0.25) is 5.91 Å². The van der Waals surface area contributed by atoms with Crippen LogP contribution in [0.1, 0.15) is 31.7 Å². The topological polar surface area (TPSA) is 47.4 Å². The van der Waals surface area contributed by atoms with Crippen molar-refractivity contribution in [1.82, 2.24) is 14.5 Å². The van der Waals surface area contributed by atoms with Crippen LogP contribution < -0.4 is 0 Å². The summed E-state index contributed by atoms with van der Waals surface area (Å²) in [5.41, 5.74) is 0. The summed E-state index contributed by atoms with van der Waals surface area (Å²) in [5, 5.41) is 0. The minimum absolute atomic E-state index is 0.130. The zero-order chi connectivity index (χ0) is 13.1. The smallest absolute Gasteiger partial charge is 0.248 e. The molecule has 0 N–H and O–H groups in total. The van der Waals surface area contributed by atoms with Crippen LogP contribution in [-0.2, 0) is 9.53 Å². The predicted octanol–water partition coefficient (Wildman–Crippen LogP) is 1.47. The second-order valence-corrected chi connectivity index (χ2v) is 5.60. The van der Waals surface area contributed by atoms with E-state index in [1.54, 1.807) is 6.20 Å². The Morgan fingerprint density at radius 1 is 1.37 bits per heavy atom. The number of imidazole rings is 1. The van der Waals surface area contributed by atoms with Crippen molar-refractivity contribution in [2.24, 2.45) is 5.92 Å². The minimum atomic E-state index is 0.130. The third-order valence-electron chi connectivity index (χ3n) is 3.97. The Bertz CT molecular complexity index is 414. The van der Waals surface area contributed by atoms with Gasteiger partial charge in [0, 0.05) is 25.5 Å². The molecule has 1 aliphatic carbocycles. The first kappa shape index (κ1) is 12.7. The second-order valence-electron chi connectivity index (χ2n) is 5.60. The minimum Gasteiger partial charge on any atom is -0.371 e. The van der Waals surface area contributed by atoms with E-state index in [-0.39, 0.29) is 12.5 Å². The summed E-state index contributed by atoms with van der Waals surface area (Å²) in [6.07, 6.45) is 10.3. The van der Waals surface area contributed by atoms with Crippen molar-refractivity contribution in [1.29, 1.82) is 0 Å². The molecule has 0 unspecified atom stereocenters. The normalized spacial score (nSPS) is 23.6. The zero-order valence-electron chi connectivity index (χ0n) is 11.2. The molecular weight excluding hydrogens is 242 g/mol. The number of carbonyl (C=O) groups is 1. The standard InChI is InChI=1S/C14H21N3O2/c18-14(10-19-9-12-3-4-12)16-6-1-2-13(8-16)17-7-5-15-11-17/h5,7,11-13H,1-4,6,8-10H2/t13-/m1/s1. The lowest BCUT2D eigenvalue weighted by molar-refractivity contribution is -0.137. The quantitative estimate of drug-likeness (QED) is 0.808. The molecule has 1 aliphatic heterocycles. The lowest BCUT2D eigenvalue weighted by atomic mass is 10.1. The first-order chi connectivity index (χ1) is 9.33. The average Bonchev–Trinajstić information content (AvgIpc) is 3.10. The largest absolute Gasteiger partial charge is 0.371 e. The SMILES string of the molecule is O=C(COCC1CC1)N1CCC[C@@H](n2ccnc2)C1. The Morgan fingerprint density at radius 3 is 3.00 bits per heavy atom. The van der Waals surface area contributed by atoms with Crippen molar-refractivity contribution in [3.63, 3.8) is 0 Å². The fourth-order valence-corrected chi connectivity index (χ4v) is 2.60. The van der Waals surface area contributed by atoms with Gasteiger partial charge in [0.1, 0.15) is 6.61 Å². The summed E-state index contributed by atoms with van der Waals surface area (Å²) in [6.45, 7) is 2.64. The monoisotopic (exact) mass is 263 g/mol. The maximum atomic E-state index is 12.1. The van der Waals surface area contributed by atoms with Crippen LogP contribution in [0.5, 0.6) is 0 Å². The molecule has 0 spiro atoms. The number of piperidine rings is 1. The van der Waals surface area contributed by atoms with E-state index in [1.807, 2.05) is 17.4 Å². The summed E-state index contributed by atoms with van der Waals surface area (Å²) < 4.78 is 7.59. The van der Waals surface area contributed by atoms with Gasteiger partial charge in [-0.2, -0.15) is 0 Å². The molecule has 1 aromatic rings. The molecule has 2 fully saturated rings. The molecule has 5 nitrogen and oxygen atoms in total. The van der Waals surface area contributed by atoms with Gasteiger partial charge in [-0.1, -0.05) is 0 Å². The molecule has 1 saturated heterocycles. The third-order valence-corrected chi connectivity index (χ3v) is 3.97. The summed E-state index contributed by atoms with van der Waals surface area (Å²) in [6, 6.07) is 0.364. The number of hydrogen-bond acceptors (Lipinski definition) is 3. The Hall–Kier alpha value is -1.36. The molecule has 3 rings (SSSR count). The van der Waals surface area contributed by atoms with Crippen molar-refractivity contribution in [2.45, 2.75) is 31.7 Å². The highest BCUT2D eigenvalue weighted by molar-refractivity contribution is 5.77. The molecule has 0 radical (unpaired) electrons. The number of hydrogen-bond donors (Lipinski definition) is 0. The van der Waals surface area contributed by atoms with E-state index in [0.717, 1.165) is 32.5 Å². The van der Waals surface area contributed by atoms with Crippen molar-refractivity contribution in [3.05, 3.63) is 18.7 Å². The molecule has 104 valence electrons. The van der Waals surface area contributed by atoms with Crippen LogP contribution >= 0.6 is 0 Å². The van der Waals surface area contributed by atoms with E-state index < -0.39 is 0 Å². The van der Waals surface area contributed by atoms with Gasteiger partial charge in [-0.3, -0.25) is 4.79 Å².